The van der Waals surface area contributed by atoms with Crippen LogP contribution in [0.3, 0.4) is 0 Å². The Kier molecular flexibility index (Phi) is 7.92. The van der Waals surface area contributed by atoms with Crippen molar-refractivity contribution in [3.63, 3.8) is 0 Å². The number of aromatic amines is 1. The Balaban J connectivity index is 1.45. The monoisotopic (exact) mass is 576 g/mol. The Morgan fingerprint density at radius 3 is 2.53 bits per heavy atom. The molecule has 13 heteroatoms. The van der Waals surface area contributed by atoms with Gasteiger partial charge in [-0.1, -0.05) is 34.8 Å². The summed E-state index contributed by atoms with van der Waals surface area (Å²) in [6.45, 7) is 1.53. The van der Waals surface area contributed by atoms with Crippen LogP contribution in [0.4, 0.5) is 10.1 Å². The molecule has 0 atom stereocenters. The first kappa shape index (κ1) is 26.8. The van der Waals surface area contributed by atoms with Gasteiger partial charge in [-0.3, -0.25) is 4.79 Å². The summed E-state index contributed by atoms with van der Waals surface area (Å²) in [5.74, 6) is -0.458. The fourth-order valence-electron chi connectivity index (χ4n) is 4.17. The molecule has 2 N–H and O–H groups in total. The molecule has 0 saturated carbocycles. The quantitative estimate of drug-likeness (QED) is 0.416. The summed E-state index contributed by atoms with van der Waals surface area (Å²) in [5, 5.41) is 0.716. The maximum absolute atomic E-state index is 13.6. The summed E-state index contributed by atoms with van der Waals surface area (Å²) in [7, 11) is -2.34. The molecule has 4 rings (SSSR count). The number of nitrogens with zero attached hydrogens (tertiary/aromatic N) is 2. The number of anilines is 1. The van der Waals surface area contributed by atoms with Gasteiger partial charge in [-0.05, 0) is 48.4 Å². The van der Waals surface area contributed by atoms with E-state index in [1.165, 1.54) is 36.3 Å². The van der Waals surface area contributed by atoms with E-state index < -0.39 is 19.7 Å². The van der Waals surface area contributed by atoms with Crippen LogP contribution in [0.1, 0.15) is 5.56 Å². The lowest BCUT2D eigenvalue weighted by atomic mass is 10.1. The van der Waals surface area contributed by atoms with Gasteiger partial charge in [0.1, 0.15) is 11.6 Å². The first-order chi connectivity index (χ1) is 17.0. The maximum Gasteiger partial charge on any atom is 0.274 e. The molecule has 1 aliphatic heterocycles. The lowest BCUT2D eigenvalue weighted by Gasteiger charge is -2.37. The van der Waals surface area contributed by atoms with E-state index in [1.807, 2.05) is 4.90 Å². The number of ether oxygens (including phenoxy) is 1. The largest absolute Gasteiger partial charge is 0.495 e. The predicted molar refractivity (Wildman–Crippen MR) is 139 cm³/mol. The molecule has 0 unspecified atom stereocenters. The van der Waals surface area contributed by atoms with Crippen molar-refractivity contribution in [1.29, 1.82) is 0 Å². The van der Waals surface area contributed by atoms with Gasteiger partial charge < -0.3 is 19.5 Å². The molecular formula is C23H24Cl3FN4O4S. The number of hydrogen-bond donors (Lipinski definition) is 2. The van der Waals surface area contributed by atoms with Gasteiger partial charge in [-0.25, -0.2) is 17.5 Å². The molecule has 2 heterocycles. The zero-order valence-corrected chi connectivity index (χ0v) is 22.3. The van der Waals surface area contributed by atoms with Gasteiger partial charge in [-0.15, -0.1) is 0 Å². The van der Waals surface area contributed by atoms with Crippen molar-refractivity contribution in [1.82, 2.24) is 14.6 Å². The Morgan fingerprint density at radius 1 is 1.14 bits per heavy atom. The van der Waals surface area contributed by atoms with Crippen molar-refractivity contribution in [2.45, 2.75) is 15.1 Å². The molecular weight excluding hydrogens is 554 g/mol. The van der Waals surface area contributed by atoms with E-state index >= 15 is 0 Å². The molecule has 0 spiro atoms. The summed E-state index contributed by atoms with van der Waals surface area (Å²) < 4.78 is 45.7. The van der Waals surface area contributed by atoms with Gasteiger partial charge in [-0.2, -0.15) is 0 Å². The normalized spacial score (nSPS) is 14.9. The van der Waals surface area contributed by atoms with E-state index in [2.05, 4.69) is 9.71 Å². The number of carbonyl (C=O) groups is 1. The molecule has 1 fully saturated rings. The second kappa shape index (κ2) is 10.6. The average Bonchev–Trinajstić information content (AvgIpc) is 3.24. The summed E-state index contributed by atoms with van der Waals surface area (Å²) >= 11 is 17.1. The summed E-state index contributed by atoms with van der Waals surface area (Å²) in [4.78, 5) is 18.7. The molecule has 1 aliphatic rings. The SMILES string of the molecule is COc1ccc(S(=O)(=O)NCCc2c[nH]c3ccc(F)cc23)cc1N1CCN(C(=O)C(Cl)(Cl)Cl)CC1. The Morgan fingerprint density at radius 2 is 1.86 bits per heavy atom. The van der Waals surface area contributed by atoms with Gasteiger partial charge in [0.05, 0.1) is 17.7 Å². The van der Waals surface area contributed by atoms with Crippen LogP contribution < -0.4 is 14.4 Å². The summed E-state index contributed by atoms with van der Waals surface area (Å²) in [6, 6.07) is 9.02. The van der Waals surface area contributed by atoms with Gasteiger partial charge in [0.15, 0.2) is 0 Å². The third-order valence-electron chi connectivity index (χ3n) is 6.03. The number of halogens is 4. The number of methoxy groups -OCH3 is 1. The highest BCUT2D eigenvalue weighted by atomic mass is 35.6. The van der Waals surface area contributed by atoms with E-state index in [0.717, 1.165) is 11.1 Å². The van der Waals surface area contributed by atoms with Crippen LogP contribution in [-0.4, -0.2) is 67.8 Å². The molecule has 1 saturated heterocycles. The molecule has 36 heavy (non-hydrogen) atoms. The van der Waals surface area contributed by atoms with Crippen molar-refractivity contribution >= 4 is 67.3 Å². The molecule has 1 aromatic heterocycles. The van der Waals surface area contributed by atoms with Crippen LogP contribution in [0.15, 0.2) is 47.5 Å². The van der Waals surface area contributed by atoms with Crippen LogP contribution in [-0.2, 0) is 21.2 Å². The van der Waals surface area contributed by atoms with Crippen LogP contribution in [0, 0.1) is 5.82 Å². The van der Waals surface area contributed by atoms with E-state index in [1.54, 1.807) is 18.3 Å². The Labute approximate surface area is 223 Å². The fourth-order valence-corrected chi connectivity index (χ4v) is 5.58. The van der Waals surface area contributed by atoms with Crippen LogP contribution in [0.2, 0.25) is 0 Å². The number of sulfonamides is 1. The average molecular weight is 578 g/mol. The van der Waals surface area contributed by atoms with Gasteiger partial charge in [0, 0.05) is 49.8 Å². The number of aromatic nitrogens is 1. The number of amides is 1. The van der Waals surface area contributed by atoms with Gasteiger partial charge in [0.25, 0.3) is 9.70 Å². The van der Waals surface area contributed by atoms with Crippen LogP contribution >= 0.6 is 34.8 Å². The van der Waals surface area contributed by atoms with Crippen LogP contribution in [0.25, 0.3) is 10.9 Å². The minimum Gasteiger partial charge on any atom is -0.495 e. The first-order valence-corrected chi connectivity index (χ1v) is 13.7. The van der Waals surface area contributed by atoms with Gasteiger partial charge in [0.2, 0.25) is 10.0 Å². The molecule has 0 bridgehead atoms. The fraction of sp³-hybridized carbons (Fsp3) is 0.348. The van der Waals surface area contributed by atoms with Crippen molar-refractivity contribution < 1.29 is 22.3 Å². The number of H-pyrrole nitrogens is 1. The third kappa shape index (κ3) is 5.84. The smallest absolute Gasteiger partial charge is 0.274 e. The molecule has 0 aliphatic carbocycles. The zero-order valence-electron chi connectivity index (χ0n) is 19.2. The van der Waals surface area contributed by atoms with Crippen molar-refractivity contribution in [3.8, 4) is 5.75 Å². The minimum atomic E-state index is -3.84. The number of fused-ring (bicyclic) bond motifs is 1. The van der Waals surface area contributed by atoms with Gasteiger partial charge >= 0.3 is 0 Å². The lowest BCUT2D eigenvalue weighted by Crippen LogP contribution is -2.51. The molecule has 3 aromatic rings. The Hall–Kier alpha value is -2.24. The molecule has 8 nitrogen and oxygen atoms in total. The highest BCUT2D eigenvalue weighted by Crippen LogP contribution is 2.33. The standard InChI is InChI=1S/C23H24Cl3FN4O4S/c1-35-21-5-3-17(13-20(21)30-8-10-31(11-9-30)22(32)23(24,25)26)36(33,34)29-7-6-15-14-28-19-4-2-16(27)12-18(15)19/h2-5,12-14,28-29H,6-11H2,1H3. The van der Waals surface area contributed by atoms with Crippen molar-refractivity contribution in [2.24, 2.45) is 0 Å². The van der Waals surface area contributed by atoms with E-state index in [0.29, 0.717) is 49.4 Å². The third-order valence-corrected chi connectivity index (χ3v) is 7.97. The number of hydrogen-bond acceptors (Lipinski definition) is 5. The summed E-state index contributed by atoms with van der Waals surface area (Å²) in [5.41, 5.74) is 2.17. The topological polar surface area (TPSA) is 94.7 Å². The van der Waals surface area contributed by atoms with Crippen molar-refractivity contribution in [2.75, 3.05) is 44.7 Å². The predicted octanol–water partition coefficient (Wildman–Crippen LogP) is 3.86. The van der Waals surface area contributed by atoms with Crippen LogP contribution in [0.5, 0.6) is 5.75 Å². The van der Waals surface area contributed by atoms with E-state index in [4.69, 9.17) is 39.5 Å². The number of benzene rings is 2. The van der Waals surface area contributed by atoms with Crippen molar-refractivity contribution in [3.05, 3.63) is 54.0 Å². The molecule has 194 valence electrons. The summed E-state index contributed by atoms with van der Waals surface area (Å²) in [6.07, 6.45) is 2.13. The minimum absolute atomic E-state index is 0.0723. The van der Waals surface area contributed by atoms with E-state index in [9.17, 15) is 17.6 Å². The second-order valence-electron chi connectivity index (χ2n) is 8.26. The first-order valence-electron chi connectivity index (χ1n) is 11.0. The number of nitrogens with one attached hydrogen (secondary N) is 2. The number of rotatable bonds is 7. The molecule has 0 radical (unpaired) electrons. The zero-order chi connectivity index (χ0) is 26.1. The second-order valence-corrected chi connectivity index (χ2v) is 12.3. The highest BCUT2D eigenvalue weighted by molar-refractivity contribution is 7.89. The number of carbonyl (C=O) groups excluding carboxylic acids is 1. The van der Waals surface area contributed by atoms with E-state index in [-0.39, 0.29) is 17.3 Å². The number of piperazine rings is 1. The highest BCUT2D eigenvalue weighted by Gasteiger charge is 2.36. The molecule has 1 amide bonds. The molecule has 2 aromatic carbocycles. The number of alkyl halides is 3. The lowest BCUT2D eigenvalue weighted by molar-refractivity contribution is -0.130. The maximum atomic E-state index is 13.6. The Bertz CT molecular complexity index is 1370.